The van der Waals surface area contributed by atoms with Crippen molar-refractivity contribution >= 4 is 22.5 Å². The molecule has 3 aromatic rings. The van der Waals surface area contributed by atoms with E-state index in [0.29, 0.717) is 5.56 Å². The standard InChI is InChI=1S/C20H21ClFN3/c1-20(22,14-4-3-8-23-11-14)13-25-18-6-5-15(21)10-16(18)17-12-24(2)9-7-19(17)25/h3-6,8,10-11H,7,9,12-13H2,1-2H3. The topological polar surface area (TPSA) is 21.1 Å². The molecule has 0 amide bonds. The summed E-state index contributed by atoms with van der Waals surface area (Å²) in [6, 6.07) is 9.48. The maximum atomic E-state index is 15.5. The van der Waals surface area contributed by atoms with Crippen LogP contribution in [0.4, 0.5) is 4.39 Å². The van der Waals surface area contributed by atoms with Crippen LogP contribution in [0.5, 0.6) is 0 Å². The average Bonchev–Trinajstić information content (AvgIpc) is 2.88. The zero-order valence-electron chi connectivity index (χ0n) is 14.5. The minimum Gasteiger partial charge on any atom is -0.341 e. The van der Waals surface area contributed by atoms with Gasteiger partial charge in [0.2, 0.25) is 0 Å². The Balaban J connectivity index is 1.85. The summed E-state index contributed by atoms with van der Waals surface area (Å²) in [5, 5.41) is 1.85. The molecule has 1 aromatic carbocycles. The normalized spacial score (nSPS) is 17.4. The SMILES string of the molecule is CN1CCc2c(c3cc(Cl)ccc3n2CC(C)(F)c2cccnc2)C1. The van der Waals surface area contributed by atoms with E-state index in [-0.39, 0.29) is 6.54 Å². The molecule has 25 heavy (non-hydrogen) atoms. The first-order valence-corrected chi connectivity index (χ1v) is 8.91. The van der Waals surface area contributed by atoms with Gasteiger partial charge in [0, 0.05) is 59.1 Å². The highest BCUT2D eigenvalue weighted by Crippen LogP contribution is 2.36. The van der Waals surface area contributed by atoms with Gasteiger partial charge >= 0.3 is 0 Å². The molecule has 3 nitrogen and oxygen atoms in total. The Morgan fingerprint density at radius 1 is 1.32 bits per heavy atom. The van der Waals surface area contributed by atoms with Crippen LogP contribution < -0.4 is 0 Å². The van der Waals surface area contributed by atoms with E-state index in [1.807, 2.05) is 18.2 Å². The molecule has 1 aliphatic rings. The van der Waals surface area contributed by atoms with Crippen LogP contribution in [0.15, 0.2) is 42.7 Å². The van der Waals surface area contributed by atoms with E-state index in [4.69, 9.17) is 11.6 Å². The van der Waals surface area contributed by atoms with Crippen molar-refractivity contribution in [1.82, 2.24) is 14.5 Å². The number of hydrogen-bond donors (Lipinski definition) is 0. The number of aromatic nitrogens is 2. The molecule has 0 spiro atoms. The molecule has 0 radical (unpaired) electrons. The van der Waals surface area contributed by atoms with Gasteiger partial charge in [0.05, 0.1) is 6.54 Å². The lowest BCUT2D eigenvalue weighted by Crippen LogP contribution is -2.29. The number of hydrogen-bond acceptors (Lipinski definition) is 2. The predicted molar refractivity (Wildman–Crippen MR) is 99.7 cm³/mol. The first-order chi connectivity index (χ1) is 12.0. The maximum absolute atomic E-state index is 15.5. The molecule has 0 saturated heterocycles. The number of pyridine rings is 1. The molecule has 3 heterocycles. The number of fused-ring (bicyclic) bond motifs is 3. The van der Waals surface area contributed by atoms with Gasteiger partial charge in [-0.15, -0.1) is 0 Å². The lowest BCUT2D eigenvalue weighted by atomic mass is 9.99. The molecular weight excluding hydrogens is 337 g/mol. The first kappa shape index (κ1) is 16.6. The van der Waals surface area contributed by atoms with E-state index >= 15 is 4.39 Å². The van der Waals surface area contributed by atoms with E-state index in [1.54, 1.807) is 31.5 Å². The summed E-state index contributed by atoms with van der Waals surface area (Å²) >= 11 is 6.23. The van der Waals surface area contributed by atoms with Crippen molar-refractivity contribution in [3.63, 3.8) is 0 Å². The van der Waals surface area contributed by atoms with E-state index in [0.717, 1.165) is 35.4 Å². The Bertz CT molecular complexity index is 918. The molecule has 1 unspecified atom stereocenters. The molecule has 130 valence electrons. The first-order valence-electron chi connectivity index (χ1n) is 8.53. The van der Waals surface area contributed by atoms with Crippen molar-refractivity contribution < 1.29 is 4.39 Å². The molecule has 1 aliphatic heterocycles. The lowest BCUT2D eigenvalue weighted by molar-refractivity contribution is 0.161. The third-order valence-electron chi connectivity index (χ3n) is 5.13. The summed E-state index contributed by atoms with van der Waals surface area (Å²) in [7, 11) is 2.12. The highest BCUT2D eigenvalue weighted by molar-refractivity contribution is 6.31. The van der Waals surface area contributed by atoms with Crippen molar-refractivity contribution in [2.24, 2.45) is 0 Å². The van der Waals surface area contributed by atoms with Gasteiger partial charge in [0.1, 0.15) is 0 Å². The van der Waals surface area contributed by atoms with Crippen molar-refractivity contribution in [2.45, 2.75) is 32.1 Å². The zero-order chi connectivity index (χ0) is 17.6. The van der Waals surface area contributed by atoms with Crippen LogP contribution in [0.1, 0.15) is 23.7 Å². The van der Waals surface area contributed by atoms with Crippen LogP contribution >= 0.6 is 11.6 Å². The number of benzene rings is 1. The fourth-order valence-corrected chi connectivity index (χ4v) is 3.97. The third kappa shape index (κ3) is 2.94. The van der Waals surface area contributed by atoms with Gasteiger partial charge in [-0.25, -0.2) is 4.39 Å². The number of likely N-dealkylation sites (N-methyl/N-ethyl adjacent to an activating group) is 1. The molecule has 4 rings (SSSR count). The summed E-state index contributed by atoms with van der Waals surface area (Å²) < 4.78 is 17.7. The monoisotopic (exact) mass is 357 g/mol. The summed E-state index contributed by atoms with van der Waals surface area (Å²) in [6.07, 6.45) is 4.20. The van der Waals surface area contributed by atoms with Gasteiger partial charge in [-0.05, 0) is 43.8 Å². The Morgan fingerprint density at radius 2 is 2.16 bits per heavy atom. The van der Waals surface area contributed by atoms with Gasteiger partial charge < -0.3 is 9.47 Å². The molecule has 0 N–H and O–H groups in total. The minimum atomic E-state index is -1.49. The van der Waals surface area contributed by atoms with Crippen LogP contribution in [0.25, 0.3) is 10.9 Å². The van der Waals surface area contributed by atoms with E-state index < -0.39 is 5.67 Å². The second-order valence-electron chi connectivity index (χ2n) is 7.10. The largest absolute Gasteiger partial charge is 0.341 e. The molecule has 0 bridgehead atoms. The van der Waals surface area contributed by atoms with Gasteiger partial charge in [-0.2, -0.15) is 0 Å². The van der Waals surface area contributed by atoms with E-state index in [2.05, 4.69) is 21.5 Å². The number of alkyl halides is 1. The maximum Gasteiger partial charge on any atom is 0.152 e. The van der Waals surface area contributed by atoms with Crippen molar-refractivity contribution in [3.8, 4) is 0 Å². The summed E-state index contributed by atoms with van der Waals surface area (Å²) in [6.45, 7) is 3.75. The van der Waals surface area contributed by atoms with Crippen LogP contribution in [0, 0.1) is 0 Å². The summed E-state index contributed by atoms with van der Waals surface area (Å²) in [5.41, 5.74) is 2.66. The Kier molecular flexibility index (Phi) is 4.05. The van der Waals surface area contributed by atoms with Gasteiger partial charge in [0.15, 0.2) is 5.67 Å². The summed E-state index contributed by atoms with van der Waals surface area (Å²) in [4.78, 5) is 6.37. The van der Waals surface area contributed by atoms with E-state index in [9.17, 15) is 0 Å². The number of rotatable bonds is 3. The Morgan fingerprint density at radius 3 is 2.92 bits per heavy atom. The fourth-order valence-electron chi connectivity index (χ4n) is 3.80. The van der Waals surface area contributed by atoms with Crippen LogP contribution in [0.2, 0.25) is 5.02 Å². The smallest absolute Gasteiger partial charge is 0.152 e. The Hall–Kier alpha value is -1.91. The second kappa shape index (κ2) is 6.11. The van der Waals surface area contributed by atoms with E-state index in [1.165, 1.54) is 11.3 Å². The molecule has 0 aliphatic carbocycles. The fraction of sp³-hybridized carbons (Fsp3) is 0.350. The molecule has 0 saturated carbocycles. The quantitative estimate of drug-likeness (QED) is 0.685. The Labute approximate surface area is 152 Å². The minimum absolute atomic E-state index is 0.274. The van der Waals surface area contributed by atoms with Crippen LogP contribution in [-0.2, 0) is 25.2 Å². The van der Waals surface area contributed by atoms with Gasteiger partial charge in [-0.3, -0.25) is 4.98 Å². The molecular formula is C20H21ClFN3. The van der Waals surface area contributed by atoms with Crippen molar-refractivity contribution in [1.29, 1.82) is 0 Å². The predicted octanol–water partition coefficient (Wildman–Crippen LogP) is 4.56. The van der Waals surface area contributed by atoms with Gasteiger partial charge in [-0.1, -0.05) is 17.7 Å². The second-order valence-corrected chi connectivity index (χ2v) is 7.54. The number of nitrogens with zero attached hydrogens (tertiary/aromatic N) is 3. The van der Waals surface area contributed by atoms with Gasteiger partial charge in [0.25, 0.3) is 0 Å². The van der Waals surface area contributed by atoms with Crippen LogP contribution in [-0.4, -0.2) is 28.0 Å². The van der Waals surface area contributed by atoms with Crippen molar-refractivity contribution in [2.75, 3.05) is 13.6 Å². The highest BCUT2D eigenvalue weighted by Gasteiger charge is 2.31. The molecule has 0 fully saturated rings. The van der Waals surface area contributed by atoms with Crippen LogP contribution in [0.3, 0.4) is 0 Å². The summed E-state index contributed by atoms with van der Waals surface area (Å²) in [5.74, 6) is 0. The molecule has 1 atom stereocenters. The van der Waals surface area contributed by atoms with Crippen molar-refractivity contribution in [3.05, 3.63) is 64.6 Å². The lowest BCUT2D eigenvalue weighted by Gasteiger charge is -2.27. The molecule has 5 heteroatoms. The zero-order valence-corrected chi connectivity index (χ0v) is 15.2. The highest BCUT2D eigenvalue weighted by atomic mass is 35.5. The number of halogens is 2. The molecule has 2 aromatic heterocycles. The average molecular weight is 358 g/mol. The third-order valence-corrected chi connectivity index (χ3v) is 5.36.